The van der Waals surface area contributed by atoms with Crippen molar-refractivity contribution in [2.75, 3.05) is 14.2 Å². The van der Waals surface area contributed by atoms with Crippen LogP contribution in [0.3, 0.4) is 0 Å². The van der Waals surface area contributed by atoms with Crippen molar-refractivity contribution in [3.63, 3.8) is 0 Å². The molecule has 1 aromatic rings. The molecule has 0 bridgehead atoms. The first-order chi connectivity index (χ1) is 6.17. The van der Waals surface area contributed by atoms with Gasteiger partial charge < -0.3 is 15.2 Å². The van der Waals surface area contributed by atoms with Crippen LogP contribution in [-0.2, 0) is 0 Å². The molecule has 6 nitrogen and oxygen atoms in total. The third-order valence-corrected chi connectivity index (χ3v) is 1.34. The second-order valence-corrected chi connectivity index (χ2v) is 2.19. The van der Waals surface area contributed by atoms with E-state index in [-0.39, 0.29) is 24.1 Å². The molecule has 0 spiro atoms. The molecule has 0 aliphatic carbocycles. The third kappa shape index (κ3) is 2.74. The maximum Gasteiger partial charge on any atom is 0.220 e. The summed E-state index contributed by atoms with van der Waals surface area (Å²) in [7, 11) is 2.93. The molecule has 0 saturated heterocycles. The number of hydrogen-bond acceptors (Lipinski definition) is 5. The van der Waals surface area contributed by atoms with E-state index in [0.29, 0.717) is 11.8 Å². The lowest BCUT2D eigenvalue weighted by molar-refractivity contribution is 0.371. The minimum atomic E-state index is -0.225. The summed E-state index contributed by atoms with van der Waals surface area (Å²) in [5.74, 6) is 0.502. The maximum absolute atomic E-state index is 7.12. The Morgan fingerprint density at radius 3 is 2.00 bits per heavy atom. The van der Waals surface area contributed by atoms with E-state index < -0.39 is 0 Å². The van der Waals surface area contributed by atoms with Crippen molar-refractivity contribution < 1.29 is 9.47 Å². The van der Waals surface area contributed by atoms with Crippen molar-refractivity contribution in [1.29, 1.82) is 5.41 Å². The van der Waals surface area contributed by atoms with Gasteiger partial charge >= 0.3 is 0 Å². The van der Waals surface area contributed by atoms with Crippen LogP contribution in [0.1, 0.15) is 5.82 Å². The normalized spacial score (nSPS) is 8.71. The zero-order valence-electron chi connectivity index (χ0n) is 7.77. The van der Waals surface area contributed by atoms with Gasteiger partial charge in [0, 0.05) is 0 Å². The number of nitrogens with one attached hydrogen (secondary N) is 1. The average Bonchev–Trinajstić information content (AvgIpc) is 2.16. The molecule has 7 heteroatoms. The lowest BCUT2D eigenvalue weighted by Gasteiger charge is -2.04. The molecule has 0 aliphatic rings. The molecule has 78 valence electrons. The van der Waals surface area contributed by atoms with Gasteiger partial charge in [-0.3, -0.25) is 5.41 Å². The number of aromatic nitrogens is 2. The molecule has 0 amide bonds. The van der Waals surface area contributed by atoms with Gasteiger partial charge in [0.05, 0.1) is 20.3 Å². The summed E-state index contributed by atoms with van der Waals surface area (Å²) in [4.78, 5) is 7.67. The van der Waals surface area contributed by atoms with E-state index in [1.54, 1.807) is 0 Å². The molecule has 3 N–H and O–H groups in total. The SMILES string of the molecule is COc1cc(OC)nc(C(=N)N)n1.Cl. The molecule has 0 aliphatic heterocycles. The van der Waals surface area contributed by atoms with Crippen molar-refractivity contribution in [3.8, 4) is 11.8 Å². The first-order valence-corrected chi connectivity index (χ1v) is 3.49. The summed E-state index contributed by atoms with van der Waals surface area (Å²) in [6.07, 6.45) is 0. The molecule has 0 unspecified atom stereocenters. The molecule has 1 aromatic heterocycles. The second-order valence-electron chi connectivity index (χ2n) is 2.19. The van der Waals surface area contributed by atoms with E-state index in [0.717, 1.165) is 0 Å². The Bertz CT molecular complexity index is 309. The lowest BCUT2D eigenvalue weighted by atomic mass is 10.5. The van der Waals surface area contributed by atoms with Crippen molar-refractivity contribution in [1.82, 2.24) is 9.97 Å². The molecule has 0 radical (unpaired) electrons. The van der Waals surface area contributed by atoms with Crippen molar-refractivity contribution in [3.05, 3.63) is 11.9 Å². The molecule has 0 saturated carbocycles. The smallest absolute Gasteiger partial charge is 0.220 e. The highest BCUT2D eigenvalue weighted by atomic mass is 35.5. The van der Waals surface area contributed by atoms with Gasteiger partial charge in [-0.2, -0.15) is 9.97 Å². The molecule has 1 heterocycles. The zero-order chi connectivity index (χ0) is 9.84. The summed E-state index contributed by atoms with van der Waals surface area (Å²) in [5.41, 5.74) is 5.21. The van der Waals surface area contributed by atoms with E-state index in [1.807, 2.05) is 0 Å². The summed E-state index contributed by atoms with van der Waals surface area (Å²) in [6, 6.07) is 1.51. The van der Waals surface area contributed by atoms with Crippen LogP contribution in [0.15, 0.2) is 6.07 Å². The Morgan fingerprint density at radius 1 is 1.29 bits per heavy atom. The van der Waals surface area contributed by atoms with E-state index in [9.17, 15) is 0 Å². The number of nitrogens with two attached hydrogens (primary N) is 1. The third-order valence-electron chi connectivity index (χ3n) is 1.34. The van der Waals surface area contributed by atoms with E-state index in [1.165, 1.54) is 20.3 Å². The molecular formula is C7H11ClN4O2. The second kappa shape index (κ2) is 5.23. The highest BCUT2D eigenvalue weighted by Gasteiger charge is 2.06. The number of nitrogens with zero attached hydrogens (tertiary/aromatic N) is 2. The van der Waals surface area contributed by atoms with Crippen LogP contribution in [0.4, 0.5) is 0 Å². The van der Waals surface area contributed by atoms with Crippen LogP contribution in [0.2, 0.25) is 0 Å². The van der Waals surface area contributed by atoms with E-state index in [4.69, 9.17) is 20.6 Å². The molecule has 0 fully saturated rings. The number of amidine groups is 1. The minimum Gasteiger partial charge on any atom is -0.481 e. The Balaban J connectivity index is 0.00000169. The molecular weight excluding hydrogens is 208 g/mol. The van der Waals surface area contributed by atoms with Crippen LogP contribution in [0.25, 0.3) is 0 Å². The van der Waals surface area contributed by atoms with Gasteiger partial charge in [0.15, 0.2) is 5.84 Å². The highest BCUT2D eigenvalue weighted by molar-refractivity contribution is 5.91. The van der Waals surface area contributed by atoms with Crippen LogP contribution in [-0.4, -0.2) is 30.0 Å². The first kappa shape index (κ1) is 12.4. The fourth-order valence-electron chi connectivity index (χ4n) is 0.734. The van der Waals surface area contributed by atoms with Crippen molar-refractivity contribution in [2.45, 2.75) is 0 Å². The number of hydrogen-bond donors (Lipinski definition) is 2. The van der Waals surface area contributed by atoms with Gasteiger partial charge in [0.1, 0.15) is 0 Å². The van der Waals surface area contributed by atoms with Crippen LogP contribution < -0.4 is 15.2 Å². The standard InChI is InChI=1S/C7H10N4O2.ClH/c1-12-4-3-5(13-2)11-7(10-4)6(8)9;/h3H,1-2H3,(H3,8,9);1H. The highest BCUT2D eigenvalue weighted by Crippen LogP contribution is 2.13. The van der Waals surface area contributed by atoms with E-state index in [2.05, 4.69) is 9.97 Å². The largest absolute Gasteiger partial charge is 0.481 e. The molecule has 0 atom stereocenters. The number of ether oxygens (including phenoxy) is 2. The topological polar surface area (TPSA) is 94.1 Å². The van der Waals surface area contributed by atoms with Gasteiger partial charge in [-0.25, -0.2) is 0 Å². The molecule has 14 heavy (non-hydrogen) atoms. The number of nitrogen functional groups attached to an aromatic ring is 1. The summed E-state index contributed by atoms with van der Waals surface area (Å²) in [5, 5.41) is 7.12. The summed E-state index contributed by atoms with van der Waals surface area (Å²) < 4.78 is 9.73. The fourth-order valence-corrected chi connectivity index (χ4v) is 0.734. The zero-order valence-corrected chi connectivity index (χ0v) is 8.59. The van der Waals surface area contributed by atoms with Crippen molar-refractivity contribution >= 4 is 18.2 Å². The monoisotopic (exact) mass is 218 g/mol. The summed E-state index contributed by atoms with van der Waals surface area (Å²) >= 11 is 0. The van der Waals surface area contributed by atoms with Crippen LogP contribution in [0.5, 0.6) is 11.8 Å². The molecule has 0 aromatic carbocycles. The maximum atomic E-state index is 7.12. The van der Waals surface area contributed by atoms with Crippen LogP contribution >= 0.6 is 12.4 Å². The first-order valence-electron chi connectivity index (χ1n) is 3.49. The van der Waals surface area contributed by atoms with Gasteiger partial charge in [-0.1, -0.05) is 0 Å². The fraction of sp³-hybridized carbons (Fsp3) is 0.286. The Labute approximate surface area is 87.4 Å². The van der Waals surface area contributed by atoms with Gasteiger partial charge in [0.2, 0.25) is 17.6 Å². The average molecular weight is 219 g/mol. The Kier molecular flexibility index (Phi) is 4.65. The number of methoxy groups -OCH3 is 2. The Hall–Kier alpha value is -1.56. The van der Waals surface area contributed by atoms with Crippen molar-refractivity contribution in [2.24, 2.45) is 5.73 Å². The predicted octanol–water partition coefficient (Wildman–Crippen LogP) is 0.200. The van der Waals surface area contributed by atoms with Gasteiger partial charge in [0.25, 0.3) is 0 Å². The Morgan fingerprint density at radius 2 is 1.71 bits per heavy atom. The number of halogens is 1. The van der Waals surface area contributed by atoms with Gasteiger partial charge in [-0.15, -0.1) is 12.4 Å². The quantitative estimate of drug-likeness (QED) is 0.558. The number of rotatable bonds is 3. The summed E-state index contributed by atoms with van der Waals surface area (Å²) in [6.45, 7) is 0. The van der Waals surface area contributed by atoms with Gasteiger partial charge in [-0.05, 0) is 0 Å². The predicted molar refractivity (Wildman–Crippen MR) is 53.4 cm³/mol. The van der Waals surface area contributed by atoms with E-state index >= 15 is 0 Å². The van der Waals surface area contributed by atoms with Crippen LogP contribution in [0, 0.1) is 5.41 Å². The minimum absolute atomic E-state index is 0. The molecule has 1 rings (SSSR count). The lowest BCUT2D eigenvalue weighted by Crippen LogP contribution is -2.16.